The number of aromatic nitrogens is 1. The summed E-state index contributed by atoms with van der Waals surface area (Å²) < 4.78 is 0. The first-order valence-electron chi connectivity index (χ1n) is 8.16. The number of amides is 1. The molecule has 0 spiro atoms. The number of fused-ring (bicyclic) bond motifs is 1. The highest BCUT2D eigenvalue weighted by molar-refractivity contribution is 6.35. The summed E-state index contributed by atoms with van der Waals surface area (Å²) in [5, 5.41) is 4.60. The molecule has 0 bridgehead atoms. The van der Waals surface area contributed by atoms with Crippen molar-refractivity contribution in [3.63, 3.8) is 0 Å². The van der Waals surface area contributed by atoms with Crippen molar-refractivity contribution in [3.8, 4) is 0 Å². The third kappa shape index (κ3) is 4.91. The fraction of sp³-hybridized carbons (Fsp3) is 0.444. The number of carbonyl (C=O) groups is 1. The average Bonchev–Trinajstić information content (AvgIpc) is 2.56. The number of halogens is 1. The van der Waals surface area contributed by atoms with Gasteiger partial charge in [0, 0.05) is 29.7 Å². The molecule has 0 unspecified atom stereocenters. The van der Waals surface area contributed by atoms with Crippen LogP contribution in [0.2, 0.25) is 5.02 Å². The van der Waals surface area contributed by atoms with Crippen molar-refractivity contribution in [2.75, 3.05) is 19.6 Å². The van der Waals surface area contributed by atoms with Crippen molar-refractivity contribution in [2.45, 2.75) is 33.2 Å². The largest absolute Gasteiger partial charge is 0.355 e. The molecular weight excluding hydrogens is 310 g/mol. The Morgan fingerprint density at radius 1 is 1.26 bits per heavy atom. The van der Waals surface area contributed by atoms with Crippen LogP contribution < -0.4 is 5.32 Å². The molecule has 0 fully saturated rings. The van der Waals surface area contributed by atoms with Crippen molar-refractivity contribution < 1.29 is 4.79 Å². The van der Waals surface area contributed by atoms with Crippen molar-refractivity contribution >= 4 is 28.4 Å². The molecule has 1 aromatic carbocycles. The van der Waals surface area contributed by atoms with E-state index in [1.165, 1.54) is 0 Å². The van der Waals surface area contributed by atoms with Gasteiger partial charge in [0.1, 0.15) is 0 Å². The number of carbonyl (C=O) groups excluding carboxylic acids is 1. The normalized spacial score (nSPS) is 11.1. The molecule has 1 N–H and O–H groups in total. The first-order chi connectivity index (χ1) is 11.2. The number of benzene rings is 1. The van der Waals surface area contributed by atoms with Crippen molar-refractivity contribution in [3.05, 3.63) is 41.0 Å². The van der Waals surface area contributed by atoms with E-state index in [9.17, 15) is 4.79 Å². The minimum Gasteiger partial charge on any atom is -0.355 e. The molecule has 0 aliphatic heterocycles. The second-order valence-corrected chi connectivity index (χ2v) is 6.07. The van der Waals surface area contributed by atoms with Crippen LogP contribution in [0.3, 0.4) is 0 Å². The molecule has 2 aromatic rings. The SMILES string of the molecule is CCCNC(=O)CN(CCC)Cc1ccc(Cl)c2cccnc12. The summed E-state index contributed by atoms with van der Waals surface area (Å²) in [7, 11) is 0. The van der Waals surface area contributed by atoms with Gasteiger partial charge in [0.25, 0.3) is 0 Å². The molecule has 0 aliphatic carbocycles. The Morgan fingerprint density at radius 3 is 2.83 bits per heavy atom. The van der Waals surface area contributed by atoms with Crippen LogP contribution in [-0.2, 0) is 11.3 Å². The van der Waals surface area contributed by atoms with Crippen molar-refractivity contribution in [1.29, 1.82) is 0 Å². The van der Waals surface area contributed by atoms with Crippen molar-refractivity contribution in [1.82, 2.24) is 15.2 Å². The number of hydrogen-bond acceptors (Lipinski definition) is 3. The van der Waals surface area contributed by atoms with E-state index in [-0.39, 0.29) is 5.91 Å². The lowest BCUT2D eigenvalue weighted by molar-refractivity contribution is -0.122. The first-order valence-corrected chi connectivity index (χ1v) is 8.54. The molecule has 1 heterocycles. The Hall–Kier alpha value is -1.65. The van der Waals surface area contributed by atoms with Gasteiger partial charge in [-0.25, -0.2) is 0 Å². The van der Waals surface area contributed by atoms with Gasteiger partial charge < -0.3 is 5.32 Å². The molecule has 23 heavy (non-hydrogen) atoms. The molecule has 2 rings (SSSR count). The molecule has 1 amide bonds. The van der Waals surface area contributed by atoms with Crippen LogP contribution in [-0.4, -0.2) is 35.4 Å². The summed E-state index contributed by atoms with van der Waals surface area (Å²) in [6.45, 7) is 6.87. The Labute approximate surface area is 142 Å². The molecule has 1 aromatic heterocycles. The Morgan fingerprint density at radius 2 is 2.09 bits per heavy atom. The third-order valence-electron chi connectivity index (χ3n) is 3.67. The standard InChI is InChI=1S/C18H24ClN3O/c1-3-9-20-17(23)13-22(11-4-2)12-14-7-8-16(19)15-6-5-10-21-18(14)15/h5-8,10H,3-4,9,11-13H2,1-2H3,(H,20,23). The van der Waals surface area contributed by atoms with E-state index in [4.69, 9.17) is 11.6 Å². The Balaban J connectivity index is 2.17. The maximum absolute atomic E-state index is 12.0. The highest BCUT2D eigenvalue weighted by atomic mass is 35.5. The van der Waals surface area contributed by atoms with Gasteiger partial charge in [-0.3, -0.25) is 14.7 Å². The maximum atomic E-state index is 12.0. The summed E-state index contributed by atoms with van der Waals surface area (Å²) >= 11 is 6.25. The zero-order valence-electron chi connectivity index (χ0n) is 13.8. The number of hydrogen-bond donors (Lipinski definition) is 1. The molecular formula is C18H24ClN3O. The number of rotatable bonds is 8. The fourth-order valence-corrected chi connectivity index (χ4v) is 2.83. The summed E-state index contributed by atoms with van der Waals surface area (Å²) in [6, 6.07) is 7.78. The molecule has 4 nitrogen and oxygen atoms in total. The average molecular weight is 334 g/mol. The number of nitrogens with zero attached hydrogens (tertiary/aromatic N) is 2. The monoisotopic (exact) mass is 333 g/mol. The molecule has 0 radical (unpaired) electrons. The molecule has 0 saturated carbocycles. The van der Waals surface area contributed by atoms with E-state index in [2.05, 4.69) is 29.0 Å². The van der Waals surface area contributed by atoms with Gasteiger partial charge in [0.2, 0.25) is 5.91 Å². The van der Waals surface area contributed by atoms with Gasteiger partial charge >= 0.3 is 0 Å². The third-order valence-corrected chi connectivity index (χ3v) is 4.00. The molecule has 5 heteroatoms. The molecule has 0 aliphatic rings. The first kappa shape index (κ1) is 17.7. The van der Waals surface area contributed by atoms with Crippen LogP contribution in [0, 0.1) is 0 Å². The van der Waals surface area contributed by atoms with Crippen LogP contribution in [0.1, 0.15) is 32.3 Å². The number of pyridine rings is 1. The molecule has 0 saturated heterocycles. The zero-order valence-corrected chi connectivity index (χ0v) is 14.6. The highest BCUT2D eigenvalue weighted by Gasteiger charge is 2.13. The lowest BCUT2D eigenvalue weighted by Crippen LogP contribution is -2.37. The minimum absolute atomic E-state index is 0.0755. The van der Waals surface area contributed by atoms with Gasteiger partial charge in [-0.05, 0) is 43.1 Å². The summed E-state index contributed by atoms with van der Waals surface area (Å²) in [5.74, 6) is 0.0755. The highest BCUT2D eigenvalue weighted by Crippen LogP contribution is 2.25. The Bertz CT molecular complexity index is 660. The fourth-order valence-electron chi connectivity index (χ4n) is 2.62. The smallest absolute Gasteiger partial charge is 0.234 e. The number of nitrogens with one attached hydrogen (secondary N) is 1. The predicted octanol–water partition coefficient (Wildman–Crippen LogP) is 3.63. The van der Waals surface area contributed by atoms with E-state index < -0.39 is 0 Å². The van der Waals surface area contributed by atoms with Crippen LogP contribution in [0.4, 0.5) is 0 Å². The minimum atomic E-state index is 0.0755. The predicted molar refractivity (Wildman–Crippen MR) is 95.6 cm³/mol. The lowest BCUT2D eigenvalue weighted by atomic mass is 10.1. The molecule has 0 atom stereocenters. The second-order valence-electron chi connectivity index (χ2n) is 5.67. The van der Waals surface area contributed by atoms with Crippen LogP contribution in [0.5, 0.6) is 0 Å². The maximum Gasteiger partial charge on any atom is 0.234 e. The van der Waals surface area contributed by atoms with Crippen LogP contribution >= 0.6 is 11.6 Å². The zero-order chi connectivity index (χ0) is 16.7. The van der Waals surface area contributed by atoms with E-state index in [0.717, 1.165) is 42.4 Å². The summed E-state index contributed by atoms with van der Waals surface area (Å²) in [6.07, 6.45) is 3.73. The van der Waals surface area contributed by atoms with Gasteiger partial charge in [-0.2, -0.15) is 0 Å². The van der Waals surface area contributed by atoms with Crippen molar-refractivity contribution in [2.24, 2.45) is 0 Å². The lowest BCUT2D eigenvalue weighted by Gasteiger charge is -2.22. The Kier molecular flexibility index (Phi) is 6.81. The topological polar surface area (TPSA) is 45.2 Å². The summed E-state index contributed by atoms with van der Waals surface area (Å²) in [4.78, 5) is 18.6. The van der Waals surface area contributed by atoms with E-state index in [1.807, 2.05) is 24.3 Å². The molecule has 124 valence electrons. The van der Waals surface area contributed by atoms with Gasteiger partial charge in [-0.1, -0.05) is 31.5 Å². The quantitative estimate of drug-likeness (QED) is 0.802. The summed E-state index contributed by atoms with van der Waals surface area (Å²) in [5.41, 5.74) is 2.01. The van der Waals surface area contributed by atoms with E-state index in [0.29, 0.717) is 18.1 Å². The van der Waals surface area contributed by atoms with E-state index in [1.54, 1.807) is 6.20 Å². The van der Waals surface area contributed by atoms with Gasteiger partial charge in [0.05, 0.1) is 12.1 Å². The van der Waals surface area contributed by atoms with E-state index >= 15 is 0 Å². The van der Waals surface area contributed by atoms with Gasteiger partial charge in [0.15, 0.2) is 0 Å². The van der Waals surface area contributed by atoms with Gasteiger partial charge in [-0.15, -0.1) is 0 Å². The van der Waals surface area contributed by atoms with Crippen LogP contribution in [0.25, 0.3) is 10.9 Å². The second kappa shape index (κ2) is 8.85. The van der Waals surface area contributed by atoms with Crippen LogP contribution in [0.15, 0.2) is 30.5 Å².